The van der Waals surface area contributed by atoms with Crippen molar-refractivity contribution < 1.29 is 14.7 Å². The van der Waals surface area contributed by atoms with Crippen molar-refractivity contribution in [2.75, 3.05) is 13.1 Å². The molecule has 0 spiro atoms. The van der Waals surface area contributed by atoms with Crippen LogP contribution in [0.1, 0.15) is 43.5 Å². The zero-order valence-electron chi connectivity index (χ0n) is 13.6. The number of carboxylic acid groups (broad SMARTS) is 1. The van der Waals surface area contributed by atoms with Crippen molar-refractivity contribution in [3.05, 3.63) is 29.8 Å². The van der Waals surface area contributed by atoms with Crippen LogP contribution in [0.4, 0.5) is 0 Å². The molecule has 1 aliphatic heterocycles. The van der Waals surface area contributed by atoms with Gasteiger partial charge in [0.05, 0.1) is 11.0 Å². The summed E-state index contributed by atoms with van der Waals surface area (Å²) in [5.74, 6) is -0.655. The average molecular weight is 333 g/mol. The van der Waals surface area contributed by atoms with E-state index in [1.165, 1.54) is 0 Å². The third-order valence-electron chi connectivity index (χ3n) is 5.06. The van der Waals surface area contributed by atoms with Crippen LogP contribution in [0.15, 0.2) is 29.2 Å². The van der Waals surface area contributed by atoms with Crippen LogP contribution in [0, 0.1) is 11.3 Å². The molecule has 23 heavy (non-hydrogen) atoms. The van der Waals surface area contributed by atoms with Crippen molar-refractivity contribution in [1.29, 1.82) is 0 Å². The summed E-state index contributed by atoms with van der Waals surface area (Å²) < 4.78 is 0. The number of nitrogens with zero attached hydrogens (tertiary/aromatic N) is 1. The standard InChI is InChI=1S/C18H23NO3S/c1-12(2)23-15-8-4-3-7-14(15)16(20)19-10-13-6-5-9-18(13,11-19)17(21)22/h3-4,7-8,12-13H,5-6,9-11H2,1-2H3,(H,21,22)/t13-,18+/m0/s1. The van der Waals surface area contributed by atoms with Gasteiger partial charge >= 0.3 is 5.97 Å². The van der Waals surface area contributed by atoms with Crippen molar-refractivity contribution in [2.45, 2.75) is 43.3 Å². The van der Waals surface area contributed by atoms with Crippen molar-refractivity contribution in [3.8, 4) is 0 Å². The highest BCUT2D eigenvalue weighted by Gasteiger charge is 2.55. The monoisotopic (exact) mass is 333 g/mol. The molecule has 2 atom stereocenters. The van der Waals surface area contributed by atoms with E-state index < -0.39 is 11.4 Å². The molecule has 1 aliphatic carbocycles. The van der Waals surface area contributed by atoms with Crippen molar-refractivity contribution in [1.82, 2.24) is 4.90 Å². The smallest absolute Gasteiger partial charge is 0.311 e. The van der Waals surface area contributed by atoms with Gasteiger partial charge in [0.1, 0.15) is 0 Å². The number of hydrogen-bond acceptors (Lipinski definition) is 3. The Balaban J connectivity index is 1.84. The van der Waals surface area contributed by atoms with Gasteiger partial charge in [0.2, 0.25) is 0 Å². The molecule has 0 bridgehead atoms. The molecule has 1 saturated heterocycles. The number of thioether (sulfide) groups is 1. The van der Waals surface area contributed by atoms with Crippen molar-refractivity contribution in [3.63, 3.8) is 0 Å². The predicted octanol–water partition coefficient (Wildman–Crippen LogP) is 3.51. The summed E-state index contributed by atoms with van der Waals surface area (Å²) in [6.45, 7) is 5.13. The second kappa shape index (κ2) is 6.19. The van der Waals surface area contributed by atoms with Crippen LogP contribution in [-0.2, 0) is 4.79 Å². The Labute approximate surface area is 141 Å². The van der Waals surface area contributed by atoms with E-state index in [-0.39, 0.29) is 11.8 Å². The number of rotatable bonds is 4. The molecule has 2 aliphatic rings. The normalized spacial score (nSPS) is 26.6. The number of likely N-dealkylation sites (tertiary alicyclic amines) is 1. The third kappa shape index (κ3) is 2.87. The lowest BCUT2D eigenvalue weighted by Gasteiger charge is -2.23. The number of carbonyl (C=O) groups excluding carboxylic acids is 1. The summed E-state index contributed by atoms with van der Waals surface area (Å²) >= 11 is 1.68. The van der Waals surface area contributed by atoms with Gasteiger partial charge < -0.3 is 10.0 Å². The molecular weight excluding hydrogens is 310 g/mol. The summed E-state index contributed by atoms with van der Waals surface area (Å²) in [7, 11) is 0. The molecule has 4 nitrogen and oxygen atoms in total. The van der Waals surface area contributed by atoms with Crippen LogP contribution in [-0.4, -0.2) is 40.2 Å². The summed E-state index contributed by atoms with van der Waals surface area (Å²) in [5.41, 5.74) is -0.0118. The highest BCUT2D eigenvalue weighted by atomic mass is 32.2. The maximum absolute atomic E-state index is 13.0. The first-order chi connectivity index (χ1) is 10.9. The summed E-state index contributed by atoms with van der Waals surface area (Å²) in [4.78, 5) is 27.5. The average Bonchev–Trinajstić information content (AvgIpc) is 3.04. The summed E-state index contributed by atoms with van der Waals surface area (Å²) in [5, 5.41) is 10.1. The molecule has 0 radical (unpaired) electrons. The number of benzene rings is 1. The number of carbonyl (C=O) groups is 2. The Morgan fingerprint density at radius 1 is 1.35 bits per heavy atom. The minimum Gasteiger partial charge on any atom is -0.481 e. The molecule has 124 valence electrons. The van der Waals surface area contributed by atoms with Gasteiger partial charge in [-0.3, -0.25) is 9.59 Å². The van der Waals surface area contributed by atoms with E-state index in [1.807, 2.05) is 24.3 Å². The lowest BCUT2D eigenvalue weighted by molar-refractivity contribution is -0.149. The van der Waals surface area contributed by atoms with E-state index >= 15 is 0 Å². The lowest BCUT2D eigenvalue weighted by Crippen LogP contribution is -2.37. The van der Waals surface area contributed by atoms with Gasteiger partial charge in [0.25, 0.3) is 5.91 Å². The Morgan fingerprint density at radius 3 is 2.74 bits per heavy atom. The van der Waals surface area contributed by atoms with Crippen LogP contribution in [0.2, 0.25) is 0 Å². The van der Waals surface area contributed by atoms with Gasteiger partial charge in [-0.15, -0.1) is 11.8 Å². The Morgan fingerprint density at radius 2 is 2.09 bits per heavy atom. The van der Waals surface area contributed by atoms with E-state index in [2.05, 4.69) is 13.8 Å². The molecule has 0 aromatic heterocycles. The van der Waals surface area contributed by atoms with Gasteiger partial charge in [0, 0.05) is 23.2 Å². The Kier molecular flexibility index (Phi) is 4.41. The Bertz CT molecular complexity index is 630. The molecule has 1 aromatic carbocycles. The van der Waals surface area contributed by atoms with Gasteiger partial charge in [-0.2, -0.15) is 0 Å². The van der Waals surface area contributed by atoms with Crippen LogP contribution < -0.4 is 0 Å². The number of carboxylic acids is 1. The topological polar surface area (TPSA) is 57.6 Å². The first-order valence-electron chi connectivity index (χ1n) is 8.22. The number of hydrogen-bond donors (Lipinski definition) is 1. The SMILES string of the molecule is CC(C)Sc1ccccc1C(=O)N1C[C@@H]2CCC[C@@]2(C(=O)O)C1. The Hall–Kier alpha value is -1.49. The van der Waals surface area contributed by atoms with Crippen LogP contribution in [0.3, 0.4) is 0 Å². The second-order valence-corrected chi connectivity index (χ2v) is 8.52. The van der Waals surface area contributed by atoms with Gasteiger partial charge in [-0.05, 0) is 30.9 Å². The zero-order chi connectivity index (χ0) is 16.6. The highest BCUT2D eigenvalue weighted by molar-refractivity contribution is 8.00. The summed E-state index contributed by atoms with van der Waals surface area (Å²) in [6.07, 6.45) is 2.57. The second-order valence-electron chi connectivity index (χ2n) is 6.90. The molecule has 1 aromatic rings. The lowest BCUT2D eigenvalue weighted by atomic mass is 9.81. The third-order valence-corrected chi connectivity index (χ3v) is 6.15. The molecule has 3 rings (SSSR count). The van der Waals surface area contributed by atoms with E-state index in [1.54, 1.807) is 16.7 Å². The number of aliphatic carboxylic acids is 1. The molecule has 1 N–H and O–H groups in total. The number of amides is 1. The largest absolute Gasteiger partial charge is 0.481 e. The van der Waals surface area contributed by atoms with E-state index in [0.717, 1.165) is 17.7 Å². The molecule has 2 fully saturated rings. The quantitative estimate of drug-likeness (QED) is 0.857. The van der Waals surface area contributed by atoms with Gasteiger partial charge in [-0.25, -0.2) is 0 Å². The van der Waals surface area contributed by atoms with Crippen LogP contribution in [0.25, 0.3) is 0 Å². The maximum atomic E-state index is 13.0. The molecule has 1 amide bonds. The van der Waals surface area contributed by atoms with Gasteiger partial charge in [-0.1, -0.05) is 32.4 Å². The highest BCUT2D eigenvalue weighted by Crippen LogP contribution is 2.49. The van der Waals surface area contributed by atoms with Crippen LogP contribution in [0.5, 0.6) is 0 Å². The fraction of sp³-hybridized carbons (Fsp3) is 0.556. The number of fused-ring (bicyclic) bond motifs is 1. The van der Waals surface area contributed by atoms with Crippen molar-refractivity contribution >= 4 is 23.6 Å². The summed E-state index contributed by atoms with van der Waals surface area (Å²) in [6, 6.07) is 7.65. The first-order valence-corrected chi connectivity index (χ1v) is 9.10. The minimum atomic E-state index is -0.736. The van der Waals surface area contributed by atoms with Crippen molar-refractivity contribution in [2.24, 2.45) is 11.3 Å². The molecule has 5 heteroatoms. The zero-order valence-corrected chi connectivity index (χ0v) is 14.4. The molecule has 1 saturated carbocycles. The first kappa shape index (κ1) is 16.4. The molecular formula is C18H23NO3S. The predicted molar refractivity (Wildman–Crippen MR) is 90.7 cm³/mol. The van der Waals surface area contributed by atoms with Crippen LogP contribution >= 0.6 is 11.8 Å². The minimum absolute atomic E-state index is 0.0243. The fourth-order valence-corrected chi connectivity index (χ4v) is 4.91. The fourth-order valence-electron chi connectivity index (χ4n) is 3.96. The van der Waals surface area contributed by atoms with Gasteiger partial charge in [0.15, 0.2) is 0 Å². The molecule has 1 heterocycles. The molecule has 0 unspecified atom stereocenters. The van der Waals surface area contributed by atoms with E-state index in [9.17, 15) is 14.7 Å². The van der Waals surface area contributed by atoms with E-state index in [0.29, 0.717) is 30.3 Å². The van der Waals surface area contributed by atoms with E-state index in [4.69, 9.17) is 0 Å². The maximum Gasteiger partial charge on any atom is 0.311 e.